The largest absolute Gasteiger partial charge is 0.369 e. The molecule has 3 fully saturated rings. The molecule has 0 radical (unpaired) electrons. The van der Waals surface area contributed by atoms with Crippen LogP contribution in [0.4, 0.5) is 14.9 Å². The third-order valence-electron chi connectivity index (χ3n) is 6.39. The van der Waals surface area contributed by atoms with E-state index in [-0.39, 0.29) is 24.4 Å². The van der Waals surface area contributed by atoms with Crippen LogP contribution in [0.25, 0.3) is 0 Å². The molecule has 29 heavy (non-hydrogen) atoms. The molecule has 8 heteroatoms. The summed E-state index contributed by atoms with van der Waals surface area (Å²) in [6.07, 6.45) is 3.83. The fraction of sp³-hybridized carbons (Fsp3) is 0.571. The van der Waals surface area contributed by atoms with Crippen LogP contribution in [0.1, 0.15) is 32.6 Å². The predicted octanol–water partition coefficient (Wildman–Crippen LogP) is 2.27. The monoisotopic (exact) mass is 402 g/mol. The zero-order valence-electron chi connectivity index (χ0n) is 16.7. The molecule has 156 valence electrons. The zero-order valence-corrected chi connectivity index (χ0v) is 16.7. The number of piperazine rings is 1. The summed E-state index contributed by atoms with van der Waals surface area (Å²) in [6, 6.07) is 5.74. The summed E-state index contributed by atoms with van der Waals surface area (Å²) in [4.78, 5) is 44.4. The van der Waals surface area contributed by atoms with Gasteiger partial charge in [0.25, 0.3) is 0 Å². The maximum Gasteiger partial charge on any atom is 0.335 e. The Morgan fingerprint density at radius 2 is 1.59 bits per heavy atom. The summed E-state index contributed by atoms with van der Waals surface area (Å²) in [5, 5.41) is 0. The highest BCUT2D eigenvalue weighted by Gasteiger charge is 2.49. The van der Waals surface area contributed by atoms with Crippen LogP contribution in [0.3, 0.4) is 0 Å². The SMILES string of the molecule is C[C@@H]1CCCC[C@@H]1N1C(=O)C(=O)N(CN2CCN(c3ccc(F)cc3)CC2)C1=O. The second-order valence-corrected chi connectivity index (χ2v) is 8.24. The third-order valence-corrected chi connectivity index (χ3v) is 6.39. The summed E-state index contributed by atoms with van der Waals surface area (Å²) in [6.45, 7) is 4.91. The minimum absolute atomic E-state index is 0.137. The number of nitrogens with zero attached hydrogens (tertiary/aromatic N) is 4. The number of carbonyl (C=O) groups excluding carboxylic acids is 3. The zero-order chi connectivity index (χ0) is 20.5. The fourth-order valence-electron chi connectivity index (χ4n) is 4.62. The Balaban J connectivity index is 1.37. The quantitative estimate of drug-likeness (QED) is 0.571. The van der Waals surface area contributed by atoms with Crippen LogP contribution in [0, 0.1) is 11.7 Å². The molecule has 0 N–H and O–H groups in total. The van der Waals surface area contributed by atoms with Crippen molar-refractivity contribution in [1.82, 2.24) is 14.7 Å². The average Bonchev–Trinajstić information content (AvgIpc) is 2.93. The van der Waals surface area contributed by atoms with Crippen LogP contribution in [-0.2, 0) is 9.59 Å². The van der Waals surface area contributed by atoms with Gasteiger partial charge in [-0.1, -0.05) is 19.8 Å². The molecule has 3 aliphatic rings. The molecular weight excluding hydrogens is 375 g/mol. The lowest BCUT2D eigenvalue weighted by Gasteiger charge is -2.37. The lowest BCUT2D eigenvalue weighted by molar-refractivity contribution is -0.145. The van der Waals surface area contributed by atoms with Gasteiger partial charge in [0.15, 0.2) is 0 Å². The van der Waals surface area contributed by atoms with E-state index in [0.29, 0.717) is 26.2 Å². The molecule has 2 aliphatic heterocycles. The van der Waals surface area contributed by atoms with Gasteiger partial charge in [0.2, 0.25) is 0 Å². The summed E-state index contributed by atoms with van der Waals surface area (Å²) in [7, 11) is 0. The minimum atomic E-state index is -0.714. The first-order valence-corrected chi connectivity index (χ1v) is 10.4. The maximum atomic E-state index is 13.1. The number of hydrogen-bond acceptors (Lipinski definition) is 5. The number of rotatable bonds is 4. The molecule has 2 heterocycles. The summed E-state index contributed by atoms with van der Waals surface area (Å²) < 4.78 is 13.1. The van der Waals surface area contributed by atoms with Gasteiger partial charge in [0, 0.05) is 37.9 Å². The van der Waals surface area contributed by atoms with Crippen molar-refractivity contribution in [1.29, 1.82) is 0 Å². The first-order valence-electron chi connectivity index (χ1n) is 10.4. The maximum absolute atomic E-state index is 13.1. The average molecular weight is 402 g/mol. The minimum Gasteiger partial charge on any atom is -0.369 e. The van der Waals surface area contributed by atoms with E-state index in [4.69, 9.17) is 0 Å². The predicted molar refractivity (Wildman–Crippen MR) is 106 cm³/mol. The number of amides is 4. The summed E-state index contributed by atoms with van der Waals surface area (Å²) >= 11 is 0. The second kappa shape index (κ2) is 8.10. The van der Waals surface area contributed by atoms with Gasteiger partial charge in [-0.05, 0) is 43.0 Å². The normalized spacial score (nSPS) is 26.6. The molecule has 4 rings (SSSR count). The summed E-state index contributed by atoms with van der Waals surface area (Å²) in [5.41, 5.74) is 0.951. The van der Waals surface area contributed by atoms with E-state index in [1.165, 1.54) is 17.0 Å². The molecule has 4 amide bonds. The van der Waals surface area contributed by atoms with Crippen molar-refractivity contribution in [3.63, 3.8) is 0 Å². The van der Waals surface area contributed by atoms with Crippen molar-refractivity contribution in [3.8, 4) is 0 Å². The van der Waals surface area contributed by atoms with Gasteiger partial charge in [0.1, 0.15) is 5.82 Å². The van der Waals surface area contributed by atoms with Crippen LogP contribution >= 0.6 is 0 Å². The Bertz CT molecular complexity index is 792. The molecular formula is C21H27FN4O3. The third kappa shape index (κ3) is 3.85. The Morgan fingerprint density at radius 3 is 2.24 bits per heavy atom. The number of anilines is 1. The van der Waals surface area contributed by atoms with Gasteiger partial charge in [0.05, 0.1) is 6.67 Å². The van der Waals surface area contributed by atoms with Crippen molar-refractivity contribution in [2.24, 2.45) is 5.92 Å². The van der Waals surface area contributed by atoms with Crippen LogP contribution in [0.2, 0.25) is 0 Å². The van der Waals surface area contributed by atoms with Crippen LogP contribution in [-0.4, -0.2) is 71.4 Å². The van der Waals surface area contributed by atoms with Crippen LogP contribution < -0.4 is 4.90 Å². The van der Waals surface area contributed by atoms with Crippen molar-refractivity contribution < 1.29 is 18.8 Å². The van der Waals surface area contributed by atoms with Crippen molar-refractivity contribution >= 4 is 23.5 Å². The second-order valence-electron chi connectivity index (χ2n) is 8.24. The van der Waals surface area contributed by atoms with Crippen molar-refractivity contribution in [3.05, 3.63) is 30.1 Å². The van der Waals surface area contributed by atoms with Crippen molar-refractivity contribution in [2.45, 2.75) is 38.6 Å². The highest BCUT2D eigenvalue weighted by molar-refractivity contribution is 6.44. The van der Waals surface area contributed by atoms with Gasteiger partial charge in [-0.25, -0.2) is 14.1 Å². The van der Waals surface area contributed by atoms with E-state index in [9.17, 15) is 18.8 Å². The lowest BCUT2D eigenvalue weighted by Crippen LogP contribution is -2.52. The Morgan fingerprint density at radius 1 is 0.931 bits per heavy atom. The van der Waals surface area contributed by atoms with Crippen LogP contribution in [0.15, 0.2) is 24.3 Å². The number of carbonyl (C=O) groups is 3. The molecule has 1 saturated carbocycles. The van der Waals surface area contributed by atoms with Crippen molar-refractivity contribution in [2.75, 3.05) is 37.7 Å². The highest BCUT2D eigenvalue weighted by Crippen LogP contribution is 2.31. The van der Waals surface area contributed by atoms with E-state index in [1.807, 2.05) is 11.8 Å². The molecule has 0 bridgehead atoms. The number of benzene rings is 1. The first kappa shape index (κ1) is 19.8. The molecule has 0 aromatic heterocycles. The molecule has 2 saturated heterocycles. The van der Waals surface area contributed by atoms with Gasteiger partial charge in [-0.2, -0.15) is 0 Å². The molecule has 0 unspecified atom stereocenters. The molecule has 1 aromatic carbocycles. The number of halogens is 1. The highest BCUT2D eigenvalue weighted by atomic mass is 19.1. The van der Waals surface area contributed by atoms with E-state index >= 15 is 0 Å². The molecule has 2 atom stereocenters. The lowest BCUT2D eigenvalue weighted by atomic mass is 9.85. The molecule has 7 nitrogen and oxygen atoms in total. The van der Waals surface area contributed by atoms with E-state index < -0.39 is 17.8 Å². The molecule has 0 spiro atoms. The van der Waals surface area contributed by atoms with Gasteiger partial charge in [-0.3, -0.25) is 19.4 Å². The van der Waals surface area contributed by atoms with E-state index in [0.717, 1.165) is 36.3 Å². The smallest absolute Gasteiger partial charge is 0.335 e. The Hall–Kier alpha value is -2.48. The number of imide groups is 2. The van der Waals surface area contributed by atoms with Gasteiger partial charge in [-0.15, -0.1) is 0 Å². The molecule has 1 aliphatic carbocycles. The Kier molecular flexibility index (Phi) is 5.54. The van der Waals surface area contributed by atoms with E-state index in [2.05, 4.69) is 4.90 Å². The van der Waals surface area contributed by atoms with Gasteiger partial charge < -0.3 is 4.90 Å². The van der Waals surface area contributed by atoms with E-state index in [1.54, 1.807) is 12.1 Å². The Labute approximate surface area is 170 Å². The summed E-state index contributed by atoms with van der Waals surface area (Å²) in [5.74, 6) is -1.43. The first-order chi connectivity index (χ1) is 14.0. The van der Waals surface area contributed by atoms with Crippen LogP contribution in [0.5, 0.6) is 0 Å². The topological polar surface area (TPSA) is 64.2 Å². The number of hydrogen-bond donors (Lipinski definition) is 0. The fourth-order valence-corrected chi connectivity index (χ4v) is 4.62. The standard InChI is InChI=1S/C21H27FN4O3/c1-15-4-2-3-5-18(15)26-20(28)19(27)25(21(26)29)14-23-10-12-24(13-11-23)17-8-6-16(22)7-9-17/h6-9,15,18H,2-5,10-14H2,1H3/t15-,18+/m1/s1. The molecule has 1 aromatic rings. The number of urea groups is 1. The van der Waals surface area contributed by atoms with Gasteiger partial charge >= 0.3 is 17.8 Å².